The minimum atomic E-state index is -0.476. The molecule has 0 saturated carbocycles. The first kappa shape index (κ1) is 17.0. The number of carbonyl (C=O) groups is 1. The van der Waals surface area contributed by atoms with Gasteiger partial charge in [0.1, 0.15) is 0 Å². The van der Waals surface area contributed by atoms with Gasteiger partial charge in [-0.25, -0.2) is 4.39 Å². The van der Waals surface area contributed by atoms with Crippen LogP contribution in [-0.2, 0) is 11.3 Å². The Balaban J connectivity index is 1.43. The van der Waals surface area contributed by atoms with Crippen LogP contribution in [0.3, 0.4) is 0 Å². The number of halogens is 1. The normalized spacial score (nSPS) is 10.8. The average molecular weight is 341 g/mol. The maximum absolute atomic E-state index is 13.4. The first-order valence-corrected chi connectivity index (χ1v) is 8.20. The Kier molecular flexibility index (Phi) is 5.28. The van der Waals surface area contributed by atoms with Crippen LogP contribution < -0.4 is 10.1 Å². The van der Waals surface area contributed by atoms with E-state index in [4.69, 9.17) is 4.74 Å². The molecule has 1 N–H and O–H groups in total. The average Bonchev–Trinajstić information content (AvgIpc) is 3.03. The van der Waals surface area contributed by atoms with E-state index in [2.05, 4.69) is 23.4 Å². The summed E-state index contributed by atoms with van der Waals surface area (Å²) in [5.74, 6) is -0.670. The molecule has 0 aliphatic rings. The molecular formula is C19H20FN3O2. The van der Waals surface area contributed by atoms with E-state index in [0.717, 1.165) is 17.3 Å². The molecule has 0 aliphatic heterocycles. The Morgan fingerprint density at radius 3 is 2.92 bits per heavy atom. The Morgan fingerprint density at radius 1 is 1.24 bits per heavy atom. The number of aryl methyl sites for hydroxylation is 2. The molecule has 1 amide bonds. The first-order valence-electron chi connectivity index (χ1n) is 8.20. The lowest BCUT2D eigenvalue weighted by Crippen LogP contribution is -2.30. The van der Waals surface area contributed by atoms with Crippen molar-refractivity contribution in [2.45, 2.75) is 19.9 Å². The van der Waals surface area contributed by atoms with Crippen molar-refractivity contribution in [1.29, 1.82) is 0 Å². The predicted molar refractivity (Wildman–Crippen MR) is 94.0 cm³/mol. The van der Waals surface area contributed by atoms with Crippen molar-refractivity contribution < 1.29 is 13.9 Å². The van der Waals surface area contributed by atoms with Crippen molar-refractivity contribution in [2.75, 3.05) is 13.2 Å². The molecule has 0 unspecified atom stereocenters. The monoisotopic (exact) mass is 341 g/mol. The van der Waals surface area contributed by atoms with Gasteiger partial charge in [0.25, 0.3) is 5.91 Å². The Morgan fingerprint density at radius 2 is 2.08 bits per heavy atom. The number of amides is 1. The molecule has 2 aromatic carbocycles. The van der Waals surface area contributed by atoms with E-state index in [0.29, 0.717) is 13.1 Å². The molecule has 0 spiro atoms. The number of carbonyl (C=O) groups excluding carboxylic acids is 1. The molecule has 0 atom stereocenters. The summed E-state index contributed by atoms with van der Waals surface area (Å²) in [6.07, 6.45) is 2.61. The van der Waals surface area contributed by atoms with Crippen molar-refractivity contribution in [3.8, 4) is 5.75 Å². The summed E-state index contributed by atoms with van der Waals surface area (Å²) < 4.78 is 20.5. The second-order valence-corrected chi connectivity index (χ2v) is 5.80. The van der Waals surface area contributed by atoms with E-state index >= 15 is 0 Å². The van der Waals surface area contributed by atoms with Gasteiger partial charge in [-0.15, -0.1) is 0 Å². The molecule has 1 aromatic heterocycles. The largest absolute Gasteiger partial charge is 0.481 e. The summed E-state index contributed by atoms with van der Waals surface area (Å²) in [6.45, 7) is 3.07. The Bertz CT molecular complexity index is 876. The predicted octanol–water partition coefficient (Wildman–Crippen LogP) is 3.07. The van der Waals surface area contributed by atoms with Crippen LogP contribution in [0.15, 0.2) is 48.7 Å². The van der Waals surface area contributed by atoms with E-state index < -0.39 is 5.82 Å². The third-order valence-electron chi connectivity index (χ3n) is 3.97. The summed E-state index contributed by atoms with van der Waals surface area (Å²) in [5.41, 5.74) is 2.29. The summed E-state index contributed by atoms with van der Waals surface area (Å²) >= 11 is 0. The molecule has 3 rings (SSSR count). The van der Waals surface area contributed by atoms with Gasteiger partial charge in [-0.05, 0) is 37.1 Å². The van der Waals surface area contributed by atoms with Crippen LogP contribution in [0.4, 0.5) is 4.39 Å². The number of fused-ring (bicyclic) bond motifs is 1. The van der Waals surface area contributed by atoms with Crippen molar-refractivity contribution in [3.05, 3.63) is 60.0 Å². The minimum absolute atomic E-state index is 0.0797. The number of aromatic nitrogens is 2. The lowest BCUT2D eigenvalue weighted by atomic mass is 10.1. The first-order chi connectivity index (χ1) is 12.1. The van der Waals surface area contributed by atoms with Crippen molar-refractivity contribution in [2.24, 2.45) is 0 Å². The molecule has 6 heteroatoms. The molecule has 0 bridgehead atoms. The standard InChI is InChI=1S/C19H20FN3O2/c1-14-6-4-8-17-15(14)12-22-23(17)11-5-10-21-19(24)13-25-18-9-3-2-7-16(18)20/h2-4,6-9,12H,5,10-11,13H2,1H3,(H,21,24). The topological polar surface area (TPSA) is 56.2 Å². The third-order valence-corrected chi connectivity index (χ3v) is 3.97. The van der Waals surface area contributed by atoms with Gasteiger partial charge >= 0.3 is 0 Å². The van der Waals surface area contributed by atoms with Gasteiger partial charge < -0.3 is 10.1 Å². The number of hydrogen-bond donors (Lipinski definition) is 1. The van der Waals surface area contributed by atoms with Gasteiger partial charge in [0, 0.05) is 18.5 Å². The summed E-state index contributed by atoms with van der Waals surface area (Å²) in [4.78, 5) is 11.8. The highest BCUT2D eigenvalue weighted by atomic mass is 19.1. The van der Waals surface area contributed by atoms with Crippen molar-refractivity contribution >= 4 is 16.8 Å². The van der Waals surface area contributed by atoms with Gasteiger partial charge in [0.05, 0.1) is 11.7 Å². The van der Waals surface area contributed by atoms with E-state index in [1.165, 1.54) is 17.7 Å². The van der Waals surface area contributed by atoms with Crippen LogP contribution in [0.5, 0.6) is 5.75 Å². The fourth-order valence-corrected chi connectivity index (χ4v) is 2.64. The van der Waals surface area contributed by atoms with Gasteiger partial charge in [0.2, 0.25) is 0 Å². The zero-order valence-corrected chi connectivity index (χ0v) is 14.0. The molecule has 0 aliphatic carbocycles. The molecule has 0 radical (unpaired) electrons. The van der Waals surface area contributed by atoms with Crippen LogP contribution in [0.2, 0.25) is 0 Å². The van der Waals surface area contributed by atoms with Crippen molar-refractivity contribution in [3.63, 3.8) is 0 Å². The maximum Gasteiger partial charge on any atom is 0.257 e. The number of rotatable bonds is 7. The highest BCUT2D eigenvalue weighted by molar-refractivity contribution is 5.82. The maximum atomic E-state index is 13.4. The Labute approximate surface area is 145 Å². The fraction of sp³-hybridized carbons (Fsp3) is 0.263. The van der Waals surface area contributed by atoms with Gasteiger partial charge in [-0.1, -0.05) is 24.3 Å². The quantitative estimate of drug-likeness (QED) is 0.672. The molecule has 130 valence electrons. The number of ether oxygens (including phenoxy) is 1. The van der Waals surface area contributed by atoms with E-state index in [1.807, 2.05) is 23.0 Å². The Hall–Kier alpha value is -2.89. The number of para-hydroxylation sites is 1. The number of nitrogens with one attached hydrogen (secondary N) is 1. The zero-order chi connectivity index (χ0) is 17.6. The highest BCUT2D eigenvalue weighted by Crippen LogP contribution is 2.17. The SMILES string of the molecule is Cc1cccc2c1cnn2CCCNC(=O)COc1ccccc1F. The number of benzene rings is 2. The second-order valence-electron chi connectivity index (χ2n) is 5.80. The summed E-state index contributed by atoms with van der Waals surface area (Å²) in [6, 6.07) is 12.1. The van der Waals surface area contributed by atoms with Crippen molar-refractivity contribution in [1.82, 2.24) is 15.1 Å². The van der Waals surface area contributed by atoms with E-state index in [9.17, 15) is 9.18 Å². The fourth-order valence-electron chi connectivity index (χ4n) is 2.64. The lowest BCUT2D eigenvalue weighted by Gasteiger charge is -2.08. The smallest absolute Gasteiger partial charge is 0.257 e. The summed E-state index contributed by atoms with van der Waals surface area (Å²) in [7, 11) is 0. The van der Waals surface area contributed by atoms with Crippen LogP contribution in [0.25, 0.3) is 10.9 Å². The minimum Gasteiger partial charge on any atom is -0.481 e. The second kappa shape index (κ2) is 7.79. The third kappa shape index (κ3) is 4.15. The molecule has 1 heterocycles. The van der Waals surface area contributed by atoms with Crippen LogP contribution >= 0.6 is 0 Å². The van der Waals surface area contributed by atoms with E-state index in [1.54, 1.807) is 12.1 Å². The lowest BCUT2D eigenvalue weighted by molar-refractivity contribution is -0.123. The van der Waals surface area contributed by atoms with Gasteiger partial charge in [-0.3, -0.25) is 9.48 Å². The number of hydrogen-bond acceptors (Lipinski definition) is 3. The number of nitrogens with zero attached hydrogens (tertiary/aromatic N) is 2. The van der Waals surface area contributed by atoms with Crippen LogP contribution in [0, 0.1) is 12.7 Å². The van der Waals surface area contributed by atoms with E-state index in [-0.39, 0.29) is 18.3 Å². The zero-order valence-electron chi connectivity index (χ0n) is 14.0. The molecule has 25 heavy (non-hydrogen) atoms. The van der Waals surface area contributed by atoms with Gasteiger partial charge in [0.15, 0.2) is 18.2 Å². The molecule has 3 aromatic rings. The van der Waals surface area contributed by atoms with Crippen LogP contribution in [0.1, 0.15) is 12.0 Å². The highest BCUT2D eigenvalue weighted by Gasteiger charge is 2.07. The van der Waals surface area contributed by atoms with Crippen LogP contribution in [-0.4, -0.2) is 28.8 Å². The molecule has 5 nitrogen and oxygen atoms in total. The van der Waals surface area contributed by atoms with Gasteiger partial charge in [-0.2, -0.15) is 5.10 Å². The molecule has 0 fully saturated rings. The summed E-state index contributed by atoms with van der Waals surface area (Å²) in [5, 5.41) is 8.31. The molecular weight excluding hydrogens is 321 g/mol. The molecule has 0 saturated heterocycles.